The summed E-state index contributed by atoms with van der Waals surface area (Å²) in [5.74, 6) is 2.01. The first kappa shape index (κ1) is 14.3. The molecule has 1 aromatic heterocycles. The number of piperidine rings is 1. The summed E-state index contributed by atoms with van der Waals surface area (Å²) in [4.78, 5) is 14.2. The Labute approximate surface area is 129 Å². The smallest absolute Gasteiger partial charge is 0.133 e. The minimum absolute atomic E-state index is 0.717. The molecule has 20 heavy (non-hydrogen) atoms. The molecule has 0 N–H and O–H groups in total. The van der Waals surface area contributed by atoms with Gasteiger partial charge in [0.25, 0.3) is 0 Å². The van der Waals surface area contributed by atoms with Crippen molar-refractivity contribution < 1.29 is 0 Å². The van der Waals surface area contributed by atoms with E-state index in [4.69, 9.17) is 0 Å². The number of aryl methyl sites for hydroxylation is 1. The Bertz CT molecular complexity index is 459. The molecule has 0 saturated carbocycles. The van der Waals surface area contributed by atoms with Crippen LogP contribution in [-0.4, -0.2) is 47.1 Å². The number of rotatable bonds is 3. The van der Waals surface area contributed by atoms with Crippen molar-refractivity contribution in [3.8, 4) is 0 Å². The Balaban J connectivity index is 1.68. The fraction of sp³-hybridized carbons (Fsp3) is 0.733. The van der Waals surface area contributed by atoms with Crippen LogP contribution in [0.5, 0.6) is 0 Å². The Kier molecular flexibility index (Phi) is 4.56. The van der Waals surface area contributed by atoms with Gasteiger partial charge in [-0.2, -0.15) is 0 Å². The zero-order valence-electron chi connectivity index (χ0n) is 12.2. The molecule has 0 radical (unpaired) electrons. The summed E-state index contributed by atoms with van der Waals surface area (Å²) in [6.07, 6.45) is 6.30. The molecule has 3 heterocycles. The van der Waals surface area contributed by atoms with Crippen molar-refractivity contribution in [3.63, 3.8) is 0 Å². The van der Waals surface area contributed by atoms with Gasteiger partial charge in [-0.05, 0) is 48.3 Å². The molecule has 2 aliphatic heterocycles. The van der Waals surface area contributed by atoms with Gasteiger partial charge in [-0.25, -0.2) is 9.97 Å². The molecule has 1 atom stereocenters. The zero-order valence-corrected chi connectivity index (χ0v) is 13.8. The van der Waals surface area contributed by atoms with Crippen molar-refractivity contribution in [1.82, 2.24) is 14.9 Å². The third kappa shape index (κ3) is 3.14. The van der Waals surface area contributed by atoms with Crippen molar-refractivity contribution >= 4 is 21.7 Å². The molecule has 1 aromatic rings. The van der Waals surface area contributed by atoms with Crippen molar-refractivity contribution in [2.24, 2.45) is 0 Å². The van der Waals surface area contributed by atoms with Crippen LogP contribution in [0.15, 0.2) is 10.7 Å². The molecule has 0 spiro atoms. The second-order valence-corrected chi connectivity index (χ2v) is 6.62. The topological polar surface area (TPSA) is 32.3 Å². The average Bonchev–Trinajstić information content (AvgIpc) is 2.97. The average molecular weight is 339 g/mol. The number of likely N-dealkylation sites (tertiary alicyclic amines) is 1. The summed E-state index contributed by atoms with van der Waals surface area (Å²) >= 11 is 3.50. The molecule has 1 unspecified atom stereocenters. The van der Waals surface area contributed by atoms with E-state index < -0.39 is 0 Å². The highest BCUT2D eigenvalue weighted by molar-refractivity contribution is 9.10. The minimum Gasteiger partial charge on any atom is -0.355 e. The van der Waals surface area contributed by atoms with Gasteiger partial charge in [0.15, 0.2) is 0 Å². The van der Waals surface area contributed by atoms with E-state index in [-0.39, 0.29) is 0 Å². The fourth-order valence-electron chi connectivity index (χ4n) is 3.30. The van der Waals surface area contributed by atoms with Gasteiger partial charge in [0, 0.05) is 31.6 Å². The van der Waals surface area contributed by atoms with Crippen LogP contribution in [-0.2, 0) is 6.42 Å². The fourth-order valence-corrected chi connectivity index (χ4v) is 3.71. The summed E-state index contributed by atoms with van der Waals surface area (Å²) in [6.45, 7) is 6.91. The zero-order chi connectivity index (χ0) is 13.9. The molecule has 0 amide bonds. The number of hydrogen-bond donors (Lipinski definition) is 0. The van der Waals surface area contributed by atoms with Crippen LogP contribution >= 0.6 is 15.9 Å². The lowest BCUT2D eigenvalue weighted by molar-refractivity contribution is 0.175. The maximum atomic E-state index is 4.68. The quantitative estimate of drug-likeness (QED) is 0.793. The van der Waals surface area contributed by atoms with Gasteiger partial charge in [-0.15, -0.1) is 0 Å². The van der Waals surface area contributed by atoms with Crippen LogP contribution < -0.4 is 4.90 Å². The van der Waals surface area contributed by atoms with Gasteiger partial charge in [0.2, 0.25) is 0 Å². The molecular weight excluding hydrogens is 316 g/mol. The van der Waals surface area contributed by atoms with Crippen LogP contribution in [0.2, 0.25) is 0 Å². The molecule has 0 aliphatic carbocycles. The first-order valence-electron chi connectivity index (χ1n) is 7.78. The normalized spacial score (nSPS) is 24.3. The number of halogens is 1. The standard InChI is InChI=1S/C15H23BrN4/c1-2-14-17-13(16)10-15(18-14)20-9-6-12(11-20)19-7-4-3-5-8-19/h10,12H,2-9,11H2,1H3. The van der Waals surface area contributed by atoms with Gasteiger partial charge in [0.1, 0.15) is 16.2 Å². The molecule has 5 heteroatoms. The number of nitrogens with zero attached hydrogens (tertiary/aromatic N) is 4. The van der Waals surface area contributed by atoms with E-state index in [1.807, 2.05) is 0 Å². The Morgan fingerprint density at radius 3 is 2.75 bits per heavy atom. The molecule has 2 saturated heterocycles. The summed E-state index contributed by atoms with van der Waals surface area (Å²) < 4.78 is 0.903. The van der Waals surface area contributed by atoms with E-state index in [9.17, 15) is 0 Å². The van der Waals surface area contributed by atoms with Gasteiger partial charge in [-0.3, -0.25) is 4.90 Å². The second-order valence-electron chi connectivity index (χ2n) is 5.80. The van der Waals surface area contributed by atoms with Gasteiger partial charge in [0.05, 0.1) is 0 Å². The Hall–Kier alpha value is -0.680. The summed E-state index contributed by atoms with van der Waals surface area (Å²) in [5, 5.41) is 0. The largest absolute Gasteiger partial charge is 0.355 e. The highest BCUT2D eigenvalue weighted by atomic mass is 79.9. The van der Waals surface area contributed by atoms with Crippen LogP contribution in [0.1, 0.15) is 38.4 Å². The Morgan fingerprint density at radius 1 is 1.20 bits per heavy atom. The van der Waals surface area contributed by atoms with E-state index in [1.54, 1.807) is 0 Å². The first-order valence-corrected chi connectivity index (χ1v) is 8.58. The predicted molar refractivity (Wildman–Crippen MR) is 85.2 cm³/mol. The second kappa shape index (κ2) is 6.39. The third-order valence-electron chi connectivity index (χ3n) is 4.44. The van der Waals surface area contributed by atoms with E-state index in [2.05, 4.69) is 48.7 Å². The molecule has 2 aliphatic rings. The number of anilines is 1. The summed E-state index contributed by atoms with van der Waals surface area (Å²) in [7, 11) is 0. The van der Waals surface area contributed by atoms with Gasteiger partial charge < -0.3 is 4.90 Å². The van der Waals surface area contributed by atoms with E-state index >= 15 is 0 Å². The first-order chi connectivity index (χ1) is 9.76. The minimum atomic E-state index is 0.717. The van der Waals surface area contributed by atoms with Crippen LogP contribution in [0.25, 0.3) is 0 Å². The monoisotopic (exact) mass is 338 g/mol. The lowest BCUT2D eigenvalue weighted by Crippen LogP contribution is -2.41. The maximum Gasteiger partial charge on any atom is 0.133 e. The molecule has 0 aromatic carbocycles. The van der Waals surface area contributed by atoms with Gasteiger partial charge >= 0.3 is 0 Å². The molecule has 0 bridgehead atoms. The molecular formula is C15H23BrN4. The lowest BCUT2D eigenvalue weighted by Gasteiger charge is -2.32. The van der Waals surface area contributed by atoms with Crippen molar-refractivity contribution in [3.05, 3.63) is 16.5 Å². The molecule has 4 nitrogen and oxygen atoms in total. The van der Waals surface area contributed by atoms with E-state index in [1.165, 1.54) is 38.8 Å². The van der Waals surface area contributed by atoms with Crippen LogP contribution in [0, 0.1) is 0 Å². The third-order valence-corrected chi connectivity index (χ3v) is 4.84. The van der Waals surface area contributed by atoms with Gasteiger partial charge in [-0.1, -0.05) is 13.3 Å². The molecule has 3 rings (SSSR count). The van der Waals surface area contributed by atoms with Crippen molar-refractivity contribution in [1.29, 1.82) is 0 Å². The molecule has 2 fully saturated rings. The highest BCUT2D eigenvalue weighted by Gasteiger charge is 2.29. The van der Waals surface area contributed by atoms with Crippen molar-refractivity contribution in [2.75, 3.05) is 31.1 Å². The maximum absolute atomic E-state index is 4.68. The Morgan fingerprint density at radius 2 is 2.00 bits per heavy atom. The number of aromatic nitrogens is 2. The SMILES string of the molecule is CCc1nc(Br)cc(N2CCC(N3CCCCC3)C2)n1. The van der Waals surface area contributed by atoms with Crippen molar-refractivity contribution in [2.45, 2.75) is 45.1 Å². The number of hydrogen-bond acceptors (Lipinski definition) is 4. The predicted octanol–water partition coefficient (Wildman–Crippen LogP) is 2.87. The highest BCUT2D eigenvalue weighted by Crippen LogP contribution is 2.25. The van der Waals surface area contributed by atoms with E-state index in [0.29, 0.717) is 6.04 Å². The molecule has 110 valence electrons. The van der Waals surface area contributed by atoms with Crippen LogP contribution in [0.3, 0.4) is 0 Å². The van der Waals surface area contributed by atoms with E-state index in [0.717, 1.165) is 35.8 Å². The summed E-state index contributed by atoms with van der Waals surface area (Å²) in [5.41, 5.74) is 0. The summed E-state index contributed by atoms with van der Waals surface area (Å²) in [6, 6.07) is 2.77. The lowest BCUT2D eigenvalue weighted by atomic mass is 10.1. The van der Waals surface area contributed by atoms with Crippen LogP contribution in [0.4, 0.5) is 5.82 Å².